The van der Waals surface area contributed by atoms with Gasteiger partial charge in [-0.25, -0.2) is 0 Å². The lowest BCUT2D eigenvalue weighted by atomic mass is 9.97. The van der Waals surface area contributed by atoms with Gasteiger partial charge in [-0.3, -0.25) is 0 Å². The highest BCUT2D eigenvalue weighted by Gasteiger charge is 2.22. The summed E-state index contributed by atoms with van der Waals surface area (Å²) in [6, 6.07) is 75.9. The number of fused-ring (bicyclic) bond motifs is 9. The molecule has 2 nitrogen and oxygen atoms in total. The van der Waals surface area contributed by atoms with Crippen molar-refractivity contribution in [1.29, 1.82) is 0 Å². The Kier molecular flexibility index (Phi) is 10.3. The zero-order chi connectivity index (χ0) is 44.7. The van der Waals surface area contributed by atoms with Crippen LogP contribution in [0, 0.1) is 0 Å². The Morgan fingerprint density at radius 3 is 1.41 bits per heavy atom. The van der Waals surface area contributed by atoms with Crippen molar-refractivity contribution in [2.45, 2.75) is 12.8 Å². The number of hydrogen-bond donors (Lipinski definition) is 0. The molecule has 0 radical (unpaired) electrons. The van der Waals surface area contributed by atoms with Crippen LogP contribution in [0.1, 0.15) is 17.5 Å². The number of rotatable bonds is 9. The van der Waals surface area contributed by atoms with Crippen LogP contribution in [0.5, 0.6) is 0 Å². The smallest absolute Gasteiger partial charge is 0.0541 e. The number of benzene rings is 9. The van der Waals surface area contributed by atoms with E-state index in [9.17, 15) is 0 Å². The Morgan fingerprint density at radius 1 is 0.364 bits per heavy atom. The van der Waals surface area contributed by atoms with Crippen molar-refractivity contribution in [2.75, 3.05) is 0 Å². The Balaban J connectivity index is 0.000000487. The molecule has 0 N–H and O–H groups in total. The summed E-state index contributed by atoms with van der Waals surface area (Å²) in [4.78, 5) is 0. The molecule has 0 aliphatic heterocycles. The molecule has 0 bridgehead atoms. The van der Waals surface area contributed by atoms with E-state index in [1.54, 1.807) is 12.2 Å². The number of nitrogens with zero attached hydrogens (tertiary/aromatic N) is 2. The maximum absolute atomic E-state index is 3.73. The minimum Gasteiger partial charge on any atom is -0.309 e. The second-order valence-corrected chi connectivity index (χ2v) is 17.2. The third-order valence-electron chi connectivity index (χ3n) is 13.2. The molecule has 0 atom stereocenters. The topological polar surface area (TPSA) is 9.86 Å². The Hall–Kier alpha value is -8.46. The minimum atomic E-state index is 0.785. The van der Waals surface area contributed by atoms with Crippen LogP contribution in [0.4, 0.5) is 0 Å². The summed E-state index contributed by atoms with van der Waals surface area (Å²) in [7, 11) is 0. The SMILES string of the molecule is C=CC(=C)CC(=C)C=C.c1ccc(-c2cccc(-c3ccc(-n4c5ccccc5c5cc(-c6ccc7c(c6)-c6cc(-n8c9ccccc9c9ccccc98)ccc6C7)ccc54)cc3)c2)cc1. The zero-order valence-electron chi connectivity index (χ0n) is 36.9. The van der Waals surface area contributed by atoms with Crippen LogP contribution in [0.15, 0.2) is 256 Å². The van der Waals surface area contributed by atoms with E-state index < -0.39 is 0 Å². The first-order chi connectivity index (χ1) is 32.4. The van der Waals surface area contributed by atoms with Gasteiger partial charge in [0.25, 0.3) is 0 Å². The van der Waals surface area contributed by atoms with E-state index in [-0.39, 0.29) is 0 Å². The summed E-state index contributed by atoms with van der Waals surface area (Å²) in [6.07, 6.45) is 5.21. The number of allylic oxidation sites excluding steroid dienone is 4. The van der Waals surface area contributed by atoms with Gasteiger partial charge in [-0.1, -0.05) is 189 Å². The monoisotopic (exact) mass is 844 g/mol. The van der Waals surface area contributed by atoms with Gasteiger partial charge in [-0.05, 0) is 135 Å². The van der Waals surface area contributed by atoms with Crippen LogP contribution >= 0.6 is 0 Å². The van der Waals surface area contributed by atoms with Gasteiger partial charge < -0.3 is 9.13 Å². The zero-order valence-corrected chi connectivity index (χ0v) is 36.9. The van der Waals surface area contributed by atoms with Gasteiger partial charge in [0.2, 0.25) is 0 Å². The Labute approximate surface area is 386 Å². The first-order valence-corrected chi connectivity index (χ1v) is 22.6. The van der Waals surface area contributed by atoms with Crippen molar-refractivity contribution < 1.29 is 0 Å². The summed E-state index contributed by atoms with van der Waals surface area (Å²) in [5, 5.41) is 5.10. The number of aromatic nitrogens is 2. The van der Waals surface area contributed by atoms with E-state index in [2.05, 4.69) is 242 Å². The van der Waals surface area contributed by atoms with Gasteiger partial charge in [0, 0.05) is 32.9 Å². The molecule has 0 unspecified atom stereocenters. The van der Waals surface area contributed by atoms with E-state index in [1.807, 2.05) is 0 Å². The molecular formula is C64H48N2. The van der Waals surface area contributed by atoms with E-state index in [1.165, 1.54) is 105 Å². The van der Waals surface area contributed by atoms with Gasteiger partial charge in [-0.15, -0.1) is 0 Å². The van der Waals surface area contributed by atoms with E-state index >= 15 is 0 Å². The van der Waals surface area contributed by atoms with Crippen LogP contribution in [0.2, 0.25) is 0 Å². The van der Waals surface area contributed by atoms with E-state index in [0.717, 1.165) is 29.7 Å². The van der Waals surface area contributed by atoms with Gasteiger partial charge in [0.1, 0.15) is 0 Å². The molecule has 0 fully saturated rings. The lowest BCUT2D eigenvalue weighted by Crippen LogP contribution is -1.94. The molecule has 11 aromatic rings. The number of para-hydroxylation sites is 3. The van der Waals surface area contributed by atoms with Crippen molar-refractivity contribution in [3.8, 4) is 55.9 Å². The summed E-state index contributed by atoms with van der Waals surface area (Å²) >= 11 is 0. The first kappa shape index (κ1) is 40.3. The third-order valence-corrected chi connectivity index (χ3v) is 13.2. The molecule has 12 rings (SSSR count). The molecule has 1 aliphatic carbocycles. The second-order valence-electron chi connectivity index (χ2n) is 17.2. The molecule has 2 heterocycles. The molecule has 2 aromatic heterocycles. The van der Waals surface area contributed by atoms with Gasteiger partial charge in [0.15, 0.2) is 0 Å². The van der Waals surface area contributed by atoms with Crippen LogP contribution < -0.4 is 0 Å². The largest absolute Gasteiger partial charge is 0.309 e. The van der Waals surface area contributed by atoms with Crippen LogP contribution in [0.3, 0.4) is 0 Å². The predicted octanol–water partition coefficient (Wildman–Crippen LogP) is 17.3. The highest BCUT2D eigenvalue weighted by Crippen LogP contribution is 2.43. The molecule has 314 valence electrons. The molecule has 1 aliphatic rings. The lowest BCUT2D eigenvalue weighted by molar-refractivity contribution is 1.17. The fourth-order valence-corrected chi connectivity index (χ4v) is 9.85. The molecule has 0 spiro atoms. The molecule has 0 saturated carbocycles. The van der Waals surface area contributed by atoms with Crippen molar-refractivity contribution in [1.82, 2.24) is 9.13 Å². The molecule has 2 heteroatoms. The van der Waals surface area contributed by atoms with Crippen molar-refractivity contribution >= 4 is 43.6 Å². The normalized spacial score (nSPS) is 11.6. The summed E-state index contributed by atoms with van der Waals surface area (Å²) < 4.78 is 4.83. The third kappa shape index (κ3) is 7.19. The average molecular weight is 845 g/mol. The standard InChI is InChI=1S/C55H36N2.C9H12/c1-2-11-36(12-3-1)38-13-10-14-39(31-38)37-23-27-44(28-24-37)56-54-20-9-6-17-48(54)51-34-41(26-30-55(51)56)40-21-22-42-32-43-25-29-45(35-50(43)49(42)33-40)57-52-18-7-4-15-46(52)47-16-5-8-19-53(47)57;1-5-8(3)7-9(4)6-2/h1-31,33-35H,32H2;5-6H,1-4,7H2. The molecule has 0 amide bonds. The fraction of sp³-hybridized carbons (Fsp3) is 0.0312. The predicted molar refractivity (Wildman–Crippen MR) is 283 cm³/mol. The van der Waals surface area contributed by atoms with Gasteiger partial charge in [-0.2, -0.15) is 0 Å². The molecule has 9 aromatic carbocycles. The number of hydrogen-bond acceptors (Lipinski definition) is 0. The summed E-state index contributed by atoms with van der Waals surface area (Å²) in [6.45, 7) is 14.6. The molecular weight excluding hydrogens is 797 g/mol. The quantitative estimate of drug-likeness (QED) is 0.128. The van der Waals surface area contributed by atoms with E-state index in [0.29, 0.717) is 0 Å². The minimum absolute atomic E-state index is 0.785. The summed E-state index contributed by atoms with van der Waals surface area (Å²) in [5.41, 5.74) is 22.0. The Bertz CT molecular complexity index is 3630. The fourth-order valence-electron chi connectivity index (χ4n) is 9.85. The van der Waals surface area contributed by atoms with Gasteiger partial charge in [0.05, 0.1) is 22.1 Å². The highest BCUT2D eigenvalue weighted by molar-refractivity contribution is 6.11. The second kappa shape index (κ2) is 16.9. The first-order valence-electron chi connectivity index (χ1n) is 22.6. The highest BCUT2D eigenvalue weighted by atomic mass is 15.0. The maximum Gasteiger partial charge on any atom is 0.0541 e. The van der Waals surface area contributed by atoms with Crippen LogP contribution in [0.25, 0.3) is 99.5 Å². The van der Waals surface area contributed by atoms with Gasteiger partial charge >= 0.3 is 0 Å². The van der Waals surface area contributed by atoms with Crippen molar-refractivity contribution in [3.63, 3.8) is 0 Å². The Morgan fingerprint density at radius 2 is 0.788 bits per heavy atom. The molecule has 66 heavy (non-hydrogen) atoms. The van der Waals surface area contributed by atoms with Crippen LogP contribution in [-0.2, 0) is 6.42 Å². The van der Waals surface area contributed by atoms with Crippen LogP contribution in [-0.4, -0.2) is 9.13 Å². The van der Waals surface area contributed by atoms with Crippen molar-refractivity contribution in [2.24, 2.45) is 0 Å². The van der Waals surface area contributed by atoms with Crippen molar-refractivity contribution in [3.05, 3.63) is 267 Å². The van der Waals surface area contributed by atoms with E-state index in [4.69, 9.17) is 0 Å². The average Bonchev–Trinajstić information content (AvgIpc) is 4.04. The summed E-state index contributed by atoms with van der Waals surface area (Å²) in [5.74, 6) is 0. The maximum atomic E-state index is 3.73. The lowest BCUT2D eigenvalue weighted by Gasteiger charge is -2.12. The molecule has 0 saturated heterocycles.